The average molecular weight is 202 g/mol. The average Bonchev–Trinajstić information content (AvgIpc) is 2.20. The quantitative estimate of drug-likeness (QED) is 0.531. The third kappa shape index (κ3) is 4.94. The van der Waals surface area contributed by atoms with Gasteiger partial charge in [0, 0.05) is 6.61 Å². The van der Waals surface area contributed by atoms with Gasteiger partial charge in [-0.15, -0.1) is 0 Å². The number of aliphatic hydroxyl groups excluding tert-OH is 1. The molecule has 0 spiro atoms. The highest BCUT2D eigenvalue weighted by Gasteiger charge is 2.17. The monoisotopic (exact) mass is 202 g/mol. The predicted octanol–water partition coefficient (Wildman–Crippen LogP) is 2.43. The zero-order chi connectivity index (χ0) is 10.2. The van der Waals surface area contributed by atoms with Gasteiger partial charge in [-0.05, 0) is 32.1 Å². The number of ether oxygens (including phenoxy) is 2. The summed E-state index contributed by atoms with van der Waals surface area (Å²) >= 11 is 0. The number of unbranched alkanes of at least 4 members (excludes halogenated alkanes) is 2. The summed E-state index contributed by atoms with van der Waals surface area (Å²) in [7, 11) is 0. The van der Waals surface area contributed by atoms with Gasteiger partial charge in [-0.25, -0.2) is 0 Å². The second kappa shape index (κ2) is 7.21. The largest absolute Gasteiger partial charge is 0.368 e. The van der Waals surface area contributed by atoms with Gasteiger partial charge in [0.25, 0.3) is 0 Å². The van der Waals surface area contributed by atoms with Crippen LogP contribution in [0.25, 0.3) is 0 Å². The molecule has 3 heteroatoms. The van der Waals surface area contributed by atoms with Crippen LogP contribution in [0.5, 0.6) is 0 Å². The van der Waals surface area contributed by atoms with E-state index in [4.69, 9.17) is 9.47 Å². The van der Waals surface area contributed by atoms with Gasteiger partial charge < -0.3 is 14.6 Å². The topological polar surface area (TPSA) is 38.7 Å². The minimum Gasteiger partial charge on any atom is -0.368 e. The molecule has 14 heavy (non-hydrogen) atoms. The number of aliphatic hydroxyl groups is 1. The van der Waals surface area contributed by atoms with Crippen molar-refractivity contribution in [3.63, 3.8) is 0 Å². The lowest BCUT2D eigenvalue weighted by molar-refractivity contribution is -0.241. The van der Waals surface area contributed by atoms with E-state index in [2.05, 4.69) is 6.92 Å². The Hall–Kier alpha value is -0.120. The van der Waals surface area contributed by atoms with Crippen molar-refractivity contribution in [2.75, 3.05) is 6.61 Å². The van der Waals surface area contributed by atoms with Crippen LogP contribution >= 0.6 is 0 Å². The van der Waals surface area contributed by atoms with Gasteiger partial charge in [0.1, 0.15) is 0 Å². The summed E-state index contributed by atoms with van der Waals surface area (Å²) in [6.45, 7) is 2.92. The Morgan fingerprint density at radius 1 is 1.43 bits per heavy atom. The number of hydrogen-bond acceptors (Lipinski definition) is 3. The van der Waals surface area contributed by atoms with Crippen LogP contribution in [0.15, 0.2) is 0 Å². The van der Waals surface area contributed by atoms with Crippen molar-refractivity contribution in [1.82, 2.24) is 0 Å². The van der Waals surface area contributed by atoms with Gasteiger partial charge in [0.05, 0.1) is 0 Å². The maximum absolute atomic E-state index is 9.53. The van der Waals surface area contributed by atoms with Crippen LogP contribution in [0.2, 0.25) is 0 Å². The second-order valence-electron chi connectivity index (χ2n) is 3.88. The lowest BCUT2D eigenvalue weighted by atomic mass is 10.2. The summed E-state index contributed by atoms with van der Waals surface area (Å²) in [6, 6.07) is 0. The van der Waals surface area contributed by atoms with Gasteiger partial charge in [0.2, 0.25) is 0 Å². The first-order chi connectivity index (χ1) is 6.83. The first kappa shape index (κ1) is 12.0. The van der Waals surface area contributed by atoms with Crippen molar-refractivity contribution < 1.29 is 14.6 Å². The van der Waals surface area contributed by atoms with Crippen molar-refractivity contribution in [3.05, 3.63) is 0 Å². The van der Waals surface area contributed by atoms with E-state index in [1.165, 1.54) is 6.42 Å². The molecule has 1 aliphatic heterocycles. The molecule has 1 saturated heterocycles. The molecule has 1 aliphatic rings. The van der Waals surface area contributed by atoms with Gasteiger partial charge in [0.15, 0.2) is 12.6 Å². The summed E-state index contributed by atoms with van der Waals surface area (Å²) in [5, 5.41) is 9.53. The minimum absolute atomic E-state index is 0.166. The standard InChI is InChI=1S/C11H22O3/c1-2-3-4-7-10(12)14-11-8-5-6-9-13-11/h10-12H,2-9H2,1H3. The highest BCUT2D eigenvalue weighted by Crippen LogP contribution is 2.16. The molecule has 2 unspecified atom stereocenters. The molecule has 0 aromatic rings. The van der Waals surface area contributed by atoms with Crippen molar-refractivity contribution in [2.24, 2.45) is 0 Å². The lowest BCUT2D eigenvalue weighted by Crippen LogP contribution is -2.27. The minimum atomic E-state index is -0.635. The van der Waals surface area contributed by atoms with E-state index in [1.807, 2.05) is 0 Å². The molecule has 84 valence electrons. The van der Waals surface area contributed by atoms with Crippen molar-refractivity contribution in [2.45, 2.75) is 64.4 Å². The zero-order valence-electron chi connectivity index (χ0n) is 9.08. The summed E-state index contributed by atoms with van der Waals surface area (Å²) in [5.41, 5.74) is 0. The molecule has 1 fully saturated rings. The number of hydrogen-bond donors (Lipinski definition) is 1. The fraction of sp³-hybridized carbons (Fsp3) is 1.00. The van der Waals surface area contributed by atoms with Gasteiger partial charge >= 0.3 is 0 Å². The summed E-state index contributed by atoms with van der Waals surface area (Å²) in [6.07, 6.45) is 6.48. The first-order valence-electron chi connectivity index (χ1n) is 5.78. The van der Waals surface area contributed by atoms with Gasteiger partial charge in [-0.2, -0.15) is 0 Å². The van der Waals surface area contributed by atoms with E-state index >= 15 is 0 Å². The van der Waals surface area contributed by atoms with E-state index < -0.39 is 6.29 Å². The molecule has 1 N–H and O–H groups in total. The van der Waals surface area contributed by atoms with Gasteiger partial charge in [-0.3, -0.25) is 0 Å². The van der Waals surface area contributed by atoms with Crippen LogP contribution in [0, 0.1) is 0 Å². The van der Waals surface area contributed by atoms with Gasteiger partial charge in [-0.1, -0.05) is 19.8 Å². The summed E-state index contributed by atoms with van der Waals surface area (Å²) < 4.78 is 10.7. The molecule has 0 aliphatic carbocycles. The first-order valence-corrected chi connectivity index (χ1v) is 5.78. The van der Waals surface area contributed by atoms with E-state index in [0.717, 1.165) is 45.1 Å². The molecule has 0 saturated carbocycles. The Morgan fingerprint density at radius 3 is 2.93 bits per heavy atom. The van der Waals surface area contributed by atoms with Crippen LogP contribution in [-0.2, 0) is 9.47 Å². The molecule has 3 nitrogen and oxygen atoms in total. The Morgan fingerprint density at radius 2 is 2.29 bits per heavy atom. The highest BCUT2D eigenvalue weighted by molar-refractivity contribution is 4.55. The van der Waals surface area contributed by atoms with Crippen LogP contribution < -0.4 is 0 Å². The fourth-order valence-electron chi connectivity index (χ4n) is 1.63. The third-order valence-electron chi connectivity index (χ3n) is 2.50. The van der Waals surface area contributed by atoms with Crippen molar-refractivity contribution in [3.8, 4) is 0 Å². The Bertz CT molecular complexity index is 132. The van der Waals surface area contributed by atoms with E-state index in [9.17, 15) is 5.11 Å². The molecule has 0 radical (unpaired) electrons. The molecule has 0 aromatic carbocycles. The van der Waals surface area contributed by atoms with E-state index in [-0.39, 0.29) is 6.29 Å². The SMILES string of the molecule is CCCCCC(O)OC1CCCCO1. The Balaban J connectivity index is 2.03. The lowest BCUT2D eigenvalue weighted by Gasteiger charge is -2.25. The second-order valence-corrected chi connectivity index (χ2v) is 3.88. The molecule has 1 heterocycles. The maximum atomic E-state index is 9.53. The summed E-state index contributed by atoms with van der Waals surface area (Å²) in [5.74, 6) is 0. The third-order valence-corrected chi connectivity index (χ3v) is 2.50. The van der Waals surface area contributed by atoms with E-state index in [0.29, 0.717) is 0 Å². The van der Waals surface area contributed by atoms with Crippen molar-refractivity contribution in [1.29, 1.82) is 0 Å². The fourth-order valence-corrected chi connectivity index (χ4v) is 1.63. The van der Waals surface area contributed by atoms with Crippen LogP contribution in [0.4, 0.5) is 0 Å². The Kier molecular flexibility index (Phi) is 6.15. The molecular formula is C11H22O3. The smallest absolute Gasteiger partial charge is 0.160 e. The molecule has 0 amide bonds. The van der Waals surface area contributed by atoms with Crippen molar-refractivity contribution >= 4 is 0 Å². The molecule has 0 bridgehead atoms. The maximum Gasteiger partial charge on any atom is 0.160 e. The summed E-state index contributed by atoms with van der Waals surface area (Å²) in [4.78, 5) is 0. The predicted molar refractivity (Wildman–Crippen MR) is 54.8 cm³/mol. The number of rotatable bonds is 6. The molecule has 0 aromatic heterocycles. The van der Waals surface area contributed by atoms with Crippen LogP contribution in [-0.4, -0.2) is 24.3 Å². The van der Waals surface area contributed by atoms with Crippen LogP contribution in [0.1, 0.15) is 51.9 Å². The molecule has 2 atom stereocenters. The molecular weight excluding hydrogens is 180 g/mol. The highest BCUT2D eigenvalue weighted by atomic mass is 16.7. The molecule has 1 rings (SSSR count). The van der Waals surface area contributed by atoms with E-state index in [1.54, 1.807) is 0 Å². The zero-order valence-corrected chi connectivity index (χ0v) is 9.08. The Labute approximate surface area is 86.4 Å². The normalized spacial score (nSPS) is 24.9. The van der Waals surface area contributed by atoms with Crippen LogP contribution in [0.3, 0.4) is 0 Å².